The van der Waals surface area contributed by atoms with Gasteiger partial charge < -0.3 is 11.1 Å². The van der Waals surface area contributed by atoms with E-state index in [4.69, 9.17) is 5.73 Å². The number of allylic oxidation sites excluding steroid dienone is 2. The first-order valence-electron chi connectivity index (χ1n) is 4.54. The van der Waals surface area contributed by atoms with Gasteiger partial charge in [0.25, 0.3) is 0 Å². The van der Waals surface area contributed by atoms with Gasteiger partial charge in [-0.25, -0.2) is 0 Å². The summed E-state index contributed by atoms with van der Waals surface area (Å²) in [5.41, 5.74) is 8.41. The zero-order valence-corrected chi connectivity index (χ0v) is 7.93. The fraction of sp³-hybridized carbons (Fsp3) is 0.600. The van der Waals surface area contributed by atoms with E-state index in [-0.39, 0.29) is 0 Å². The molecule has 0 fully saturated rings. The molecule has 2 nitrogen and oxygen atoms in total. The second-order valence-electron chi connectivity index (χ2n) is 3.20. The Hall–Kier alpha value is -0.600. The molecule has 0 aromatic heterocycles. The van der Waals surface area contributed by atoms with Crippen molar-refractivity contribution in [2.24, 2.45) is 5.73 Å². The SMILES string of the molecule is CNC(CN)C1=CCCC=C1C. The molecule has 0 aromatic carbocycles. The minimum atomic E-state index is 0.335. The molecule has 0 radical (unpaired) electrons. The van der Waals surface area contributed by atoms with Crippen LogP contribution in [0, 0.1) is 0 Å². The van der Waals surface area contributed by atoms with Crippen LogP contribution in [-0.2, 0) is 0 Å². The zero-order chi connectivity index (χ0) is 8.97. The molecule has 68 valence electrons. The molecule has 1 aliphatic rings. The maximum atomic E-state index is 5.65. The molecule has 0 spiro atoms. The summed E-state index contributed by atoms with van der Waals surface area (Å²) in [6.45, 7) is 2.83. The van der Waals surface area contributed by atoms with Gasteiger partial charge in [0.15, 0.2) is 0 Å². The van der Waals surface area contributed by atoms with E-state index >= 15 is 0 Å². The monoisotopic (exact) mass is 166 g/mol. The molecule has 2 heteroatoms. The van der Waals surface area contributed by atoms with E-state index in [1.807, 2.05) is 7.05 Å². The Morgan fingerprint density at radius 2 is 2.17 bits per heavy atom. The van der Waals surface area contributed by atoms with Gasteiger partial charge >= 0.3 is 0 Å². The first-order chi connectivity index (χ1) is 5.79. The molecule has 0 saturated carbocycles. The topological polar surface area (TPSA) is 38.0 Å². The van der Waals surface area contributed by atoms with Crippen molar-refractivity contribution in [1.29, 1.82) is 0 Å². The van der Waals surface area contributed by atoms with E-state index in [9.17, 15) is 0 Å². The smallest absolute Gasteiger partial charge is 0.0441 e. The third-order valence-electron chi connectivity index (χ3n) is 2.40. The zero-order valence-electron chi connectivity index (χ0n) is 7.93. The fourth-order valence-electron chi connectivity index (χ4n) is 1.63. The first kappa shape index (κ1) is 9.49. The summed E-state index contributed by atoms with van der Waals surface area (Å²) >= 11 is 0. The average Bonchev–Trinajstić information content (AvgIpc) is 2.10. The van der Waals surface area contributed by atoms with Crippen molar-refractivity contribution in [2.45, 2.75) is 25.8 Å². The normalized spacial score (nSPS) is 19.9. The van der Waals surface area contributed by atoms with Crippen molar-refractivity contribution in [3.05, 3.63) is 23.3 Å². The van der Waals surface area contributed by atoms with Gasteiger partial charge in [0.2, 0.25) is 0 Å². The summed E-state index contributed by atoms with van der Waals surface area (Å²) in [7, 11) is 1.96. The molecule has 1 atom stereocenters. The van der Waals surface area contributed by atoms with Gasteiger partial charge in [0, 0.05) is 12.6 Å². The highest BCUT2D eigenvalue weighted by Crippen LogP contribution is 2.20. The molecule has 0 aliphatic heterocycles. The number of nitrogens with two attached hydrogens (primary N) is 1. The third-order valence-corrected chi connectivity index (χ3v) is 2.40. The first-order valence-corrected chi connectivity index (χ1v) is 4.54. The molecule has 1 rings (SSSR count). The van der Waals surface area contributed by atoms with Crippen molar-refractivity contribution < 1.29 is 0 Å². The maximum Gasteiger partial charge on any atom is 0.0441 e. The van der Waals surface area contributed by atoms with Gasteiger partial charge in [-0.1, -0.05) is 17.7 Å². The standard InChI is InChI=1S/C10H18N2/c1-8-5-3-4-6-9(8)10(7-11)12-2/h5-6,10,12H,3-4,7,11H2,1-2H3. The van der Waals surface area contributed by atoms with Crippen LogP contribution in [0.1, 0.15) is 19.8 Å². The maximum absolute atomic E-state index is 5.65. The van der Waals surface area contributed by atoms with Gasteiger partial charge in [-0.2, -0.15) is 0 Å². The number of nitrogens with one attached hydrogen (secondary N) is 1. The molecule has 0 heterocycles. The van der Waals surface area contributed by atoms with E-state index in [0.717, 1.165) is 6.42 Å². The molecular formula is C10H18N2. The third kappa shape index (κ3) is 1.96. The Kier molecular flexibility index (Phi) is 3.50. The predicted octanol–water partition coefficient (Wildman–Crippen LogP) is 1.20. The highest BCUT2D eigenvalue weighted by atomic mass is 14.9. The lowest BCUT2D eigenvalue weighted by molar-refractivity contribution is 0.642. The number of hydrogen-bond donors (Lipinski definition) is 2. The predicted molar refractivity (Wildman–Crippen MR) is 53.0 cm³/mol. The molecule has 1 unspecified atom stereocenters. The molecule has 12 heavy (non-hydrogen) atoms. The lowest BCUT2D eigenvalue weighted by atomic mass is 9.93. The summed E-state index contributed by atoms with van der Waals surface area (Å²) in [4.78, 5) is 0. The van der Waals surface area contributed by atoms with Crippen LogP contribution in [0.3, 0.4) is 0 Å². The van der Waals surface area contributed by atoms with Crippen LogP contribution in [0.15, 0.2) is 23.3 Å². The number of likely N-dealkylation sites (N-methyl/N-ethyl adjacent to an activating group) is 1. The molecule has 0 saturated heterocycles. The van der Waals surface area contributed by atoms with Gasteiger partial charge in [0.05, 0.1) is 0 Å². The molecule has 0 aromatic rings. The van der Waals surface area contributed by atoms with Crippen LogP contribution >= 0.6 is 0 Å². The van der Waals surface area contributed by atoms with Crippen molar-refractivity contribution in [1.82, 2.24) is 5.32 Å². The highest BCUT2D eigenvalue weighted by Gasteiger charge is 2.13. The summed E-state index contributed by atoms with van der Waals surface area (Å²) in [5, 5.41) is 3.22. The highest BCUT2D eigenvalue weighted by molar-refractivity contribution is 5.36. The van der Waals surface area contributed by atoms with Crippen LogP contribution < -0.4 is 11.1 Å². The van der Waals surface area contributed by atoms with E-state index in [1.165, 1.54) is 17.6 Å². The molecule has 3 N–H and O–H groups in total. The van der Waals surface area contributed by atoms with Crippen LogP contribution in [0.4, 0.5) is 0 Å². The Morgan fingerprint density at radius 3 is 2.67 bits per heavy atom. The van der Waals surface area contributed by atoms with Gasteiger partial charge in [-0.3, -0.25) is 0 Å². The van der Waals surface area contributed by atoms with Crippen molar-refractivity contribution in [3.63, 3.8) is 0 Å². The van der Waals surface area contributed by atoms with Crippen LogP contribution in [0.25, 0.3) is 0 Å². The van der Waals surface area contributed by atoms with E-state index < -0.39 is 0 Å². The lowest BCUT2D eigenvalue weighted by Crippen LogP contribution is -2.35. The average molecular weight is 166 g/mol. The largest absolute Gasteiger partial charge is 0.329 e. The van der Waals surface area contributed by atoms with Gasteiger partial charge in [-0.05, 0) is 32.4 Å². The minimum absolute atomic E-state index is 0.335. The molecule has 0 bridgehead atoms. The van der Waals surface area contributed by atoms with Crippen molar-refractivity contribution in [2.75, 3.05) is 13.6 Å². The minimum Gasteiger partial charge on any atom is -0.329 e. The molecular weight excluding hydrogens is 148 g/mol. The Labute approximate surface area is 74.5 Å². The molecule has 1 aliphatic carbocycles. The quantitative estimate of drug-likeness (QED) is 0.661. The summed E-state index contributed by atoms with van der Waals surface area (Å²) in [6, 6.07) is 0.335. The van der Waals surface area contributed by atoms with E-state index in [0.29, 0.717) is 12.6 Å². The summed E-state index contributed by atoms with van der Waals surface area (Å²) in [6.07, 6.45) is 6.92. The van der Waals surface area contributed by atoms with Crippen LogP contribution in [0.5, 0.6) is 0 Å². The number of rotatable bonds is 3. The van der Waals surface area contributed by atoms with E-state index in [1.54, 1.807) is 0 Å². The van der Waals surface area contributed by atoms with Crippen LogP contribution in [0.2, 0.25) is 0 Å². The second-order valence-corrected chi connectivity index (χ2v) is 3.20. The van der Waals surface area contributed by atoms with Gasteiger partial charge in [-0.15, -0.1) is 0 Å². The van der Waals surface area contributed by atoms with Gasteiger partial charge in [0.1, 0.15) is 0 Å². The summed E-state index contributed by atoms with van der Waals surface area (Å²) in [5.74, 6) is 0. The Morgan fingerprint density at radius 1 is 1.50 bits per heavy atom. The lowest BCUT2D eigenvalue weighted by Gasteiger charge is -2.21. The summed E-state index contributed by atoms with van der Waals surface area (Å²) < 4.78 is 0. The fourth-order valence-corrected chi connectivity index (χ4v) is 1.63. The Balaban J connectivity index is 2.71. The van der Waals surface area contributed by atoms with Crippen molar-refractivity contribution >= 4 is 0 Å². The van der Waals surface area contributed by atoms with E-state index in [2.05, 4.69) is 24.4 Å². The van der Waals surface area contributed by atoms with Crippen LogP contribution in [-0.4, -0.2) is 19.6 Å². The Bertz CT molecular complexity index is 200. The number of hydrogen-bond acceptors (Lipinski definition) is 2. The van der Waals surface area contributed by atoms with Crippen molar-refractivity contribution in [3.8, 4) is 0 Å². The second kappa shape index (κ2) is 4.43. The molecule has 0 amide bonds.